The third kappa shape index (κ3) is 2.72. The topological polar surface area (TPSA) is 58.6 Å². The molecule has 0 saturated carbocycles. The summed E-state index contributed by atoms with van der Waals surface area (Å²) in [5.41, 5.74) is 0. The normalized spacial score (nSPS) is 24.8. The fourth-order valence-corrected chi connectivity index (χ4v) is 2.14. The van der Waals surface area contributed by atoms with Gasteiger partial charge in [0.15, 0.2) is 0 Å². The van der Waals surface area contributed by atoms with E-state index in [1.54, 1.807) is 4.90 Å². The third-order valence-electron chi connectivity index (χ3n) is 3.09. The average molecular weight is 226 g/mol. The number of hydrogen-bond donors (Lipinski definition) is 1. The van der Waals surface area contributed by atoms with Gasteiger partial charge in [-0.3, -0.25) is 9.59 Å². The van der Waals surface area contributed by atoms with Crippen molar-refractivity contribution in [2.24, 2.45) is 0 Å². The summed E-state index contributed by atoms with van der Waals surface area (Å²) >= 11 is 0. The summed E-state index contributed by atoms with van der Waals surface area (Å²) in [4.78, 5) is 25.0. The van der Waals surface area contributed by atoms with E-state index >= 15 is 0 Å². The monoisotopic (exact) mass is 226 g/mol. The molecule has 5 nitrogen and oxygen atoms in total. The van der Waals surface area contributed by atoms with Crippen LogP contribution in [0.1, 0.15) is 25.7 Å². The Morgan fingerprint density at radius 2 is 2.00 bits per heavy atom. The lowest BCUT2D eigenvalue weighted by Crippen LogP contribution is -2.42. The molecule has 90 valence electrons. The highest BCUT2D eigenvalue weighted by molar-refractivity contribution is 5.87. The standard InChI is InChI=1S/C11H18N2O3/c14-10(13-5-1-2-6-13)8-12-11(15)9-4-3-7-16-9/h9H,1-8H2,(H,12,15). The zero-order chi connectivity index (χ0) is 11.4. The van der Waals surface area contributed by atoms with Crippen molar-refractivity contribution in [3.05, 3.63) is 0 Å². The zero-order valence-corrected chi connectivity index (χ0v) is 9.41. The van der Waals surface area contributed by atoms with Crippen LogP contribution in [0.5, 0.6) is 0 Å². The number of likely N-dealkylation sites (tertiary alicyclic amines) is 1. The van der Waals surface area contributed by atoms with E-state index in [0.29, 0.717) is 6.61 Å². The number of rotatable bonds is 3. The Balaban J connectivity index is 1.69. The van der Waals surface area contributed by atoms with Gasteiger partial charge in [-0.1, -0.05) is 0 Å². The molecular formula is C11H18N2O3. The minimum Gasteiger partial charge on any atom is -0.368 e. The van der Waals surface area contributed by atoms with Gasteiger partial charge in [0.25, 0.3) is 0 Å². The number of nitrogens with one attached hydrogen (secondary N) is 1. The van der Waals surface area contributed by atoms with E-state index in [0.717, 1.165) is 38.8 Å². The predicted molar refractivity (Wildman–Crippen MR) is 57.8 cm³/mol. The maximum Gasteiger partial charge on any atom is 0.249 e. The highest BCUT2D eigenvalue weighted by atomic mass is 16.5. The van der Waals surface area contributed by atoms with Crippen molar-refractivity contribution in [1.82, 2.24) is 10.2 Å². The van der Waals surface area contributed by atoms with E-state index in [2.05, 4.69) is 5.32 Å². The molecule has 0 spiro atoms. The summed E-state index contributed by atoms with van der Waals surface area (Å²) in [6.45, 7) is 2.42. The molecule has 0 aromatic rings. The summed E-state index contributed by atoms with van der Waals surface area (Å²) in [6.07, 6.45) is 3.50. The first-order valence-electron chi connectivity index (χ1n) is 5.94. The Morgan fingerprint density at radius 3 is 2.62 bits per heavy atom. The second kappa shape index (κ2) is 5.30. The first-order valence-corrected chi connectivity index (χ1v) is 5.94. The van der Waals surface area contributed by atoms with Gasteiger partial charge >= 0.3 is 0 Å². The van der Waals surface area contributed by atoms with Gasteiger partial charge in [-0.15, -0.1) is 0 Å². The molecule has 2 amide bonds. The molecule has 0 radical (unpaired) electrons. The van der Waals surface area contributed by atoms with E-state index in [9.17, 15) is 9.59 Å². The summed E-state index contributed by atoms with van der Waals surface area (Å²) in [5, 5.41) is 2.65. The Bertz CT molecular complexity index is 240. The van der Waals surface area contributed by atoms with E-state index in [1.807, 2.05) is 0 Å². The number of carbonyl (C=O) groups is 2. The summed E-state index contributed by atoms with van der Waals surface area (Å²) < 4.78 is 5.24. The lowest BCUT2D eigenvalue weighted by atomic mass is 10.2. The Kier molecular flexibility index (Phi) is 3.77. The molecular weight excluding hydrogens is 208 g/mol. The first kappa shape index (κ1) is 11.4. The molecule has 1 unspecified atom stereocenters. The average Bonchev–Trinajstić information content (AvgIpc) is 2.95. The summed E-state index contributed by atoms with van der Waals surface area (Å²) in [7, 11) is 0. The molecule has 2 aliphatic rings. The Morgan fingerprint density at radius 1 is 1.25 bits per heavy atom. The second-order valence-electron chi connectivity index (χ2n) is 4.31. The molecule has 0 bridgehead atoms. The van der Waals surface area contributed by atoms with Gasteiger partial charge in [0.2, 0.25) is 11.8 Å². The molecule has 0 aromatic heterocycles. The van der Waals surface area contributed by atoms with Crippen LogP contribution in [0.4, 0.5) is 0 Å². The molecule has 0 aliphatic carbocycles. The van der Waals surface area contributed by atoms with Gasteiger partial charge in [-0.25, -0.2) is 0 Å². The summed E-state index contributed by atoms with van der Waals surface area (Å²) in [6, 6.07) is 0. The van der Waals surface area contributed by atoms with Crippen LogP contribution in [0.3, 0.4) is 0 Å². The molecule has 1 atom stereocenters. The van der Waals surface area contributed by atoms with Crippen LogP contribution < -0.4 is 5.32 Å². The Labute approximate surface area is 95.1 Å². The maximum absolute atomic E-state index is 11.6. The predicted octanol–water partition coefficient (Wildman–Crippen LogP) is -0.0960. The molecule has 5 heteroatoms. The van der Waals surface area contributed by atoms with Crippen molar-refractivity contribution in [1.29, 1.82) is 0 Å². The van der Waals surface area contributed by atoms with E-state index in [1.165, 1.54) is 0 Å². The molecule has 1 N–H and O–H groups in total. The van der Waals surface area contributed by atoms with Crippen LogP contribution in [0.25, 0.3) is 0 Å². The van der Waals surface area contributed by atoms with Crippen LogP contribution in [0.2, 0.25) is 0 Å². The first-order chi connectivity index (χ1) is 7.77. The van der Waals surface area contributed by atoms with Gasteiger partial charge in [-0.05, 0) is 25.7 Å². The van der Waals surface area contributed by atoms with E-state index < -0.39 is 0 Å². The van der Waals surface area contributed by atoms with Crippen molar-refractivity contribution in [2.75, 3.05) is 26.2 Å². The van der Waals surface area contributed by atoms with Crippen LogP contribution in [-0.4, -0.2) is 49.1 Å². The maximum atomic E-state index is 11.6. The van der Waals surface area contributed by atoms with Gasteiger partial charge in [0.05, 0.1) is 6.54 Å². The highest BCUT2D eigenvalue weighted by Gasteiger charge is 2.24. The smallest absolute Gasteiger partial charge is 0.249 e. The van der Waals surface area contributed by atoms with Crippen molar-refractivity contribution >= 4 is 11.8 Å². The second-order valence-corrected chi connectivity index (χ2v) is 4.31. The van der Waals surface area contributed by atoms with Crippen molar-refractivity contribution in [3.63, 3.8) is 0 Å². The van der Waals surface area contributed by atoms with Gasteiger partial charge in [-0.2, -0.15) is 0 Å². The van der Waals surface area contributed by atoms with E-state index in [4.69, 9.17) is 4.74 Å². The van der Waals surface area contributed by atoms with Crippen molar-refractivity contribution < 1.29 is 14.3 Å². The molecule has 2 saturated heterocycles. The molecule has 2 aliphatic heterocycles. The highest BCUT2D eigenvalue weighted by Crippen LogP contribution is 2.11. The minimum atomic E-state index is -0.341. The van der Waals surface area contributed by atoms with Crippen LogP contribution in [0.15, 0.2) is 0 Å². The van der Waals surface area contributed by atoms with Gasteiger partial charge in [0, 0.05) is 19.7 Å². The van der Waals surface area contributed by atoms with Gasteiger partial charge in [0.1, 0.15) is 6.10 Å². The fourth-order valence-electron chi connectivity index (χ4n) is 2.14. The SMILES string of the molecule is O=C(NCC(=O)N1CCCC1)C1CCCO1. The van der Waals surface area contributed by atoms with Gasteiger partial charge < -0.3 is 15.0 Å². The third-order valence-corrected chi connectivity index (χ3v) is 3.09. The quantitative estimate of drug-likeness (QED) is 0.731. The van der Waals surface area contributed by atoms with Crippen LogP contribution >= 0.6 is 0 Å². The minimum absolute atomic E-state index is 0.0175. The molecule has 0 aromatic carbocycles. The fraction of sp³-hybridized carbons (Fsp3) is 0.818. The number of hydrogen-bond acceptors (Lipinski definition) is 3. The Hall–Kier alpha value is -1.10. The van der Waals surface area contributed by atoms with Crippen LogP contribution in [-0.2, 0) is 14.3 Å². The number of ether oxygens (including phenoxy) is 1. The number of nitrogens with zero attached hydrogens (tertiary/aromatic N) is 1. The summed E-state index contributed by atoms with van der Waals surface area (Å²) in [5.74, 6) is -0.131. The lowest BCUT2D eigenvalue weighted by molar-refractivity contribution is -0.135. The lowest BCUT2D eigenvalue weighted by Gasteiger charge is -2.16. The van der Waals surface area contributed by atoms with Crippen molar-refractivity contribution in [2.45, 2.75) is 31.8 Å². The van der Waals surface area contributed by atoms with Crippen LogP contribution in [0, 0.1) is 0 Å². The van der Waals surface area contributed by atoms with E-state index in [-0.39, 0.29) is 24.5 Å². The zero-order valence-electron chi connectivity index (χ0n) is 9.41. The van der Waals surface area contributed by atoms with Crippen molar-refractivity contribution in [3.8, 4) is 0 Å². The molecule has 2 fully saturated rings. The molecule has 2 heterocycles. The largest absolute Gasteiger partial charge is 0.368 e. The number of amides is 2. The number of carbonyl (C=O) groups excluding carboxylic acids is 2. The molecule has 2 rings (SSSR count). The molecule has 16 heavy (non-hydrogen) atoms.